The molecule has 0 amide bonds. The Kier molecular flexibility index (Phi) is 27.9. The van der Waals surface area contributed by atoms with Gasteiger partial charge in [-0.3, -0.25) is 38.7 Å². The van der Waals surface area contributed by atoms with Crippen LogP contribution in [0.3, 0.4) is 0 Å². The number of aryl methyl sites for hydroxylation is 1. The van der Waals surface area contributed by atoms with E-state index in [-0.39, 0.29) is 19.5 Å². The lowest BCUT2D eigenvalue weighted by atomic mass is 10.0. The highest BCUT2D eigenvalue weighted by molar-refractivity contribution is 5.72. The van der Waals surface area contributed by atoms with Crippen molar-refractivity contribution in [1.82, 2.24) is 80.3 Å². The zero-order valence-electron chi connectivity index (χ0n) is 53.8. The number of rotatable bonds is 25. The predicted octanol–water partition coefficient (Wildman–Crippen LogP) is 13.6. The molecule has 12 rings (SSSR count). The maximum atomic E-state index is 14.7. The number of aromatic nitrogens is 12. The second kappa shape index (κ2) is 37.4. The molecule has 0 fully saturated rings. The molecule has 0 aliphatic heterocycles. The zero-order chi connectivity index (χ0) is 69.2. The fraction of sp³-hybridized carbons (Fsp3) is 0.219. The molecule has 12 aromatic rings. The van der Waals surface area contributed by atoms with Crippen molar-refractivity contribution in [2.75, 3.05) is 45.2 Å². The first-order valence-corrected chi connectivity index (χ1v) is 31.1. The summed E-state index contributed by atoms with van der Waals surface area (Å²) in [6.07, 6.45) is 20.6. The van der Waals surface area contributed by atoms with Gasteiger partial charge in [-0.05, 0) is 132 Å². The maximum absolute atomic E-state index is 14.7. The third-order valence-electron chi connectivity index (χ3n) is 14.9. The maximum Gasteiger partial charge on any atom is 0.257 e. The minimum Gasteiger partial charge on any atom is -0.378 e. The summed E-state index contributed by atoms with van der Waals surface area (Å²) >= 11 is 0. The van der Waals surface area contributed by atoms with E-state index >= 15 is 0 Å². The molecule has 0 bridgehead atoms. The molecule has 99 heavy (non-hydrogen) atoms. The summed E-state index contributed by atoms with van der Waals surface area (Å²) in [7, 11) is 3.80. The summed E-state index contributed by atoms with van der Waals surface area (Å²) < 4.78 is 120. The molecule has 4 N–H and O–H groups in total. The van der Waals surface area contributed by atoms with Crippen molar-refractivity contribution in [3.63, 3.8) is 0 Å². The SMILES string of the molecule is C.CN(C)c1ccnc(-c2c(F)cc(F)cc2CNCCn2cccn2)c1.Cc1ccnc(-c2c(F)cc(F)cc2CNCCn2cccn2)c1.Fc1cc(F)c(-c2ccccn2)c(CNCCn2cccn2)c1.[C-]#[N+]c1c(F)cc(CNCCn2cccn2)c(-c2ccccn2)c1F. The molecule has 0 saturated carbocycles. The van der Waals surface area contributed by atoms with Crippen LogP contribution in [-0.4, -0.2) is 99.3 Å². The average molecular weight is 1360 g/mol. The largest absolute Gasteiger partial charge is 0.378 e. The van der Waals surface area contributed by atoms with Crippen molar-refractivity contribution < 1.29 is 35.1 Å². The van der Waals surface area contributed by atoms with E-state index in [0.717, 1.165) is 29.4 Å². The molecule has 0 saturated heterocycles. The molecule has 0 atom stereocenters. The second-order valence-electron chi connectivity index (χ2n) is 22.2. The molecule has 512 valence electrons. The molecule has 0 unspecified atom stereocenters. The highest BCUT2D eigenvalue weighted by Gasteiger charge is 2.22. The van der Waals surface area contributed by atoms with Crippen molar-refractivity contribution in [3.8, 4) is 45.0 Å². The number of hydrogen-bond donors (Lipinski definition) is 4. The van der Waals surface area contributed by atoms with E-state index in [0.29, 0.717) is 134 Å². The standard InChI is InChI=1S/C19H21F2N5.C18H15F2N5.C18H18F2N4.C17H16F2N4.CH4/c1-25(2)16-4-6-23-18(12-16)19-14(10-15(20)11-17(19)21)13-22-7-9-26-8-3-5-24-26;1-21-18-14(19)11-13(12-22-8-10-25-9-4-7-24-25)16(17(18)20)15-5-2-3-6-23-15;1-13-3-5-22-17(9-13)18-14(10-15(19)11-16(18)20)12-21-6-8-24-7-2-4-23-24;18-14-10-13(12-20-7-9-23-8-3-6-22-23)17(15(19)11-14)16-4-1-2-5-21-16;/h3-6,8,10-12,22H,7,9,13H2,1-2H3;2-7,9,11,22H,8,10,12H2;2-5,7,9-11,21H,6,8,12H2,1H3;1-6,8,10-11,20H,7,9,12H2;1H4. The normalized spacial score (nSPS) is 10.7. The van der Waals surface area contributed by atoms with Crippen LogP contribution in [0.5, 0.6) is 0 Å². The average Bonchev–Trinajstić information content (AvgIpc) is 1.67. The molecular weight excluding hydrogens is 1280 g/mol. The van der Waals surface area contributed by atoms with Gasteiger partial charge in [0.1, 0.15) is 46.5 Å². The topological polar surface area (TPSA) is 179 Å². The van der Waals surface area contributed by atoms with Crippen molar-refractivity contribution in [3.05, 3.63) is 288 Å². The van der Waals surface area contributed by atoms with Crippen LogP contribution in [0.4, 0.5) is 46.5 Å². The molecule has 0 radical (unpaired) electrons. The Balaban J connectivity index is 0.000000168. The Morgan fingerprint density at radius 1 is 0.394 bits per heavy atom. The van der Waals surface area contributed by atoms with Gasteiger partial charge in [-0.15, -0.1) is 0 Å². The lowest BCUT2D eigenvalue weighted by Gasteiger charge is -2.16. The Bertz CT molecular complexity index is 4460. The van der Waals surface area contributed by atoms with Crippen molar-refractivity contribution in [2.24, 2.45) is 0 Å². The molecule has 8 aromatic heterocycles. The van der Waals surface area contributed by atoms with Crippen LogP contribution >= 0.6 is 0 Å². The highest BCUT2D eigenvalue weighted by atomic mass is 19.2. The number of benzene rings is 4. The monoisotopic (exact) mass is 1350 g/mol. The number of pyridine rings is 4. The number of hydrogen-bond acceptors (Lipinski definition) is 13. The van der Waals surface area contributed by atoms with Gasteiger partial charge >= 0.3 is 0 Å². The van der Waals surface area contributed by atoms with E-state index in [1.165, 1.54) is 30.5 Å². The van der Waals surface area contributed by atoms with Crippen molar-refractivity contribution in [1.29, 1.82) is 0 Å². The van der Waals surface area contributed by atoms with Gasteiger partial charge in [0.25, 0.3) is 5.69 Å². The summed E-state index contributed by atoms with van der Waals surface area (Å²) in [6, 6.07) is 32.9. The van der Waals surface area contributed by atoms with Crippen LogP contribution in [0.25, 0.3) is 49.9 Å². The first-order valence-electron chi connectivity index (χ1n) is 31.1. The third kappa shape index (κ3) is 21.4. The summed E-state index contributed by atoms with van der Waals surface area (Å²) in [6.45, 7) is 15.4. The number of halogens is 8. The van der Waals surface area contributed by atoms with Gasteiger partial charge in [0.15, 0.2) is 0 Å². The van der Waals surface area contributed by atoms with Gasteiger partial charge in [-0.25, -0.2) is 40.0 Å². The fourth-order valence-corrected chi connectivity index (χ4v) is 10.3. The molecule has 0 aliphatic carbocycles. The quantitative estimate of drug-likeness (QED) is 0.0242. The smallest absolute Gasteiger partial charge is 0.257 e. The van der Waals surface area contributed by atoms with E-state index in [2.05, 4.69) is 66.4 Å². The summed E-state index contributed by atoms with van der Waals surface area (Å²) in [5.74, 6) is -5.34. The van der Waals surface area contributed by atoms with Gasteiger partial charge in [-0.2, -0.15) is 20.4 Å². The van der Waals surface area contributed by atoms with Gasteiger partial charge in [-0.1, -0.05) is 19.6 Å². The minimum atomic E-state index is -0.877. The fourth-order valence-electron chi connectivity index (χ4n) is 10.3. The van der Waals surface area contributed by atoms with Crippen molar-refractivity contribution >= 4 is 11.4 Å². The van der Waals surface area contributed by atoms with E-state index < -0.39 is 52.2 Å². The minimum absolute atomic E-state index is 0. The predicted molar refractivity (Wildman–Crippen MR) is 366 cm³/mol. The van der Waals surface area contributed by atoms with Crippen molar-refractivity contribution in [2.45, 2.75) is 66.7 Å². The third-order valence-corrected chi connectivity index (χ3v) is 14.9. The van der Waals surface area contributed by atoms with Crippen LogP contribution in [0.1, 0.15) is 35.2 Å². The van der Waals surface area contributed by atoms with E-state index in [9.17, 15) is 35.1 Å². The molecular formula is C73H74F8N18. The molecule has 8 heterocycles. The zero-order valence-corrected chi connectivity index (χ0v) is 53.8. The summed E-state index contributed by atoms with van der Waals surface area (Å²) in [4.78, 5) is 21.7. The number of nitrogens with one attached hydrogen (secondary N) is 4. The number of nitrogens with zero attached hydrogens (tertiary/aromatic N) is 14. The Morgan fingerprint density at radius 2 is 0.758 bits per heavy atom. The first-order chi connectivity index (χ1) is 47.6. The van der Waals surface area contributed by atoms with Gasteiger partial charge in [0, 0.05) is 187 Å². The Labute approximate surface area is 568 Å². The summed E-state index contributed by atoms with van der Waals surface area (Å²) in [5.41, 5.74) is 6.31. The summed E-state index contributed by atoms with van der Waals surface area (Å²) in [5, 5.41) is 29.2. The van der Waals surface area contributed by atoms with Crippen LogP contribution in [0, 0.1) is 60.0 Å². The lowest BCUT2D eigenvalue weighted by molar-refractivity contribution is 0.548. The van der Waals surface area contributed by atoms with E-state index in [1.807, 2.05) is 87.1 Å². The van der Waals surface area contributed by atoms with Crippen LogP contribution in [0.15, 0.2) is 202 Å². The Morgan fingerprint density at radius 3 is 1.11 bits per heavy atom. The molecule has 0 spiro atoms. The molecule has 18 nitrogen and oxygen atoms in total. The number of anilines is 1. The lowest BCUT2D eigenvalue weighted by Crippen LogP contribution is -2.20. The highest BCUT2D eigenvalue weighted by Crippen LogP contribution is 2.35. The Hall–Kier alpha value is -11.1. The molecule has 0 aliphatic rings. The van der Waals surface area contributed by atoms with E-state index in [1.54, 1.807) is 111 Å². The van der Waals surface area contributed by atoms with Gasteiger partial charge < -0.3 is 26.2 Å². The van der Waals surface area contributed by atoms with Gasteiger partial charge in [0.05, 0.1) is 55.5 Å². The second-order valence-corrected chi connectivity index (χ2v) is 22.2. The molecule has 4 aromatic carbocycles. The van der Waals surface area contributed by atoms with Gasteiger partial charge in [0.2, 0.25) is 0 Å². The van der Waals surface area contributed by atoms with Crippen LogP contribution < -0.4 is 26.2 Å². The van der Waals surface area contributed by atoms with Crippen LogP contribution in [0.2, 0.25) is 0 Å². The first kappa shape index (κ1) is 73.7. The molecule has 26 heteroatoms. The van der Waals surface area contributed by atoms with E-state index in [4.69, 9.17) is 6.57 Å². The van der Waals surface area contributed by atoms with Crippen LogP contribution in [-0.2, 0) is 52.4 Å².